The van der Waals surface area contributed by atoms with Gasteiger partial charge in [0.2, 0.25) is 0 Å². The molecule has 0 spiro atoms. The maximum absolute atomic E-state index is 12.5. The highest BCUT2D eigenvalue weighted by Crippen LogP contribution is 2.31. The number of hydrogen-bond donors (Lipinski definition) is 3. The van der Waals surface area contributed by atoms with E-state index in [4.69, 9.17) is 0 Å². The van der Waals surface area contributed by atoms with E-state index >= 15 is 0 Å². The van der Waals surface area contributed by atoms with Gasteiger partial charge in [0.1, 0.15) is 0 Å². The largest absolute Gasteiger partial charge is 0.390 e. The SMILES string of the molecule is O=C(NC1c2ccccc2CC1O)c1ccc2[nH]ncc2c1. The molecule has 0 radical (unpaired) electrons. The first kappa shape index (κ1) is 13.0. The monoisotopic (exact) mass is 293 g/mol. The van der Waals surface area contributed by atoms with Gasteiger partial charge in [0.25, 0.3) is 5.91 Å². The number of aliphatic hydroxyl groups excluding tert-OH is 1. The van der Waals surface area contributed by atoms with Crippen LogP contribution >= 0.6 is 0 Å². The van der Waals surface area contributed by atoms with E-state index in [-0.39, 0.29) is 11.9 Å². The lowest BCUT2D eigenvalue weighted by atomic mass is 10.1. The highest BCUT2D eigenvalue weighted by Gasteiger charge is 2.32. The Morgan fingerprint density at radius 3 is 3.05 bits per heavy atom. The van der Waals surface area contributed by atoms with Crippen LogP contribution in [0.15, 0.2) is 48.7 Å². The van der Waals surface area contributed by atoms with Gasteiger partial charge in [-0.25, -0.2) is 0 Å². The number of carbonyl (C=O) groups excluding carboxylic acids is 1. The lowest BCUT2D eigenvalue weighted by Gasteiger charge is -2.18. The Bertz CT molecular complexity index is 856. The van der Waals surface area contributed by atoms with Gasteiger partial charge in [-0.1, -0.05) is 24.3 Å². The smallest absolute Gasteiger partial charge is 0.251 e. The van der Waals surface area contributed by atoms with Crippen LogP contribution in [0, 0.1) is 0 Å². The van der Waals surface area contributed by atoms with Crippen LogP contribution in [0.1, 0.15) is 27.5 Å². The molecule has 5 nitrogen and oxygen atoms in total. The van der Waals surface area contributed by atoms with Crippen molar-refractivity contribution in [2.75, 3.05) is 0 Å². The van der Waals surface area contributed by atoms with Crippen molar-refractivity contribution in [1.82, 2.24) is 15.5 Å². The number of benzene rings is 2. The minimum atomic E-state index is -0.584. The zero-order valence-electron chi connectivity index (χ0n) is 11.8. The van der Waals surface area contributed by atoms with E-state index in [0.717, 1.165) is 22.0 Å². The zero-order valence-corrected chi connectivity index (χ0v) is 11.8. The average Bonchev–Trinajstić information content (AvgIpc) is 3.11. The van der Waals surface area contributed by atoms with E-state index in [0.29, 0.717) is 12.0 Å². The van der Waals surface area contributed by atoms with Crippen LogP contribution in [-0.2, 0) is 6.42 Å². The minimum Gasteiger partial charge on any atom is -0.390 e. The van der Waals surface area contributed by atoms with E-state index in [9.17, 15) is 9.90 Å². The lowest BCUT2D eigenvalue weighted by Crippen LogP contribution is -2.33. The molecular weight excluding hydrogens is 278 g/mol. The minimum absolute atomic E-state index is 0.191. The zero-order chi connectivity index (χ0) is 15.1. The van der Waals surface area contributed by atoms with E-state index in [2.05, 4.69) is 15.5 Å². The molecule has 3 N–H and O–H groups in total. The van der Waals surface area contributed by atoms with Gasteiger partial charge in [-0.2, -0.15) is 5.10 Å². The molecule has 1 aliphatic rings. The van der Waals surface area contributed by atoms with Crippen LogP contribution in [0.2, 0.25) is 0 Å². The fraction of sp³-hybridized carbons (Fsp3) is 0.176. The summed E-state index contributed by atoms with van der Waals surface area (Å²) in [6.45, 7) is 0. The van der Waals surface area contributed by atoms with Gasteiger partial charge in [0, 0.05) is 17.4 Å². The first-order valence-electron chi connectivity index (χ1n) is 7.22. The number of amides is 1. The van der Waals surface area contributed by atoms with Crippen LogP contribution in [0.3, 0.4) is 0 Å². The van der Waals surface area contributed by atoms with Crippen LogP contribution in [0.25, 0.3) is 10.9 Å². The summed E-state index contributed by atoms with van der Waals surface area (Å²) in [6, 6.07) is 12.8. The summed E-state index contributed by atoms with van der Waals surface area (Å²) in [7, 11) is 0. The summed E-state index contributed by atoms with van der Waals surface area (Å²) in [6.07, 6.45) is 1.67. The summed E-state index contributed by atoms with van der Waals surface area (Å²) in [5.41, 5.74) is 3.53. The van der Waals surface area contributed by atoms with Crippen LogP contribution in [-0.4, -0.2) is 27.3 Å². The van der Waals surface area contributed by atoms with E-state index in [1.807, 2.05) is 30.3 Å². The van der Waals surface area contributed by atoms with Crippen LogP contribution in [0.4, 0.5) is 0 Å². The number of nitrogens with one attached hydrogen (secondary N) is 2. The molecule has 2 atom stereocenters. The molecule has 22 heavy (non-hydrogen) atoms. The average molecular weight is 293 g/mol. The van der Waals surface area contributed by atoms with Crippen LogP contribution < -0.4 is 5.32 Å². The third-order valence-corrected chi connectivity index (χ3v) is 4.19. The summed E-state index contributed by atoms with van der Waals surface area (Å²) < 4.78 is 0. The fourth-order valence-electron chi connectivity index (χ4n) is 3.06. The number of H-pyrrole nitrogens is 1. The number of fused-ring (bicyclic) bond motifs is 2. The second-order valence-electron chi connectivity index (χ2n) is 5.59. The normalized spacial score (nSPS) is 20.0. The molecule has 0 bridgehead atoms. The fourth-order valence-corrected chi connectivity index (χ4v) is 3.06. The van der Waals surface area contributed by atoms with Crippen LogP contribution in [0.5, 0.6) is 0 Å². The number of aromatic amines is 1. The van der Waals surface area contributed by atoms with Gasteiger partial charge in [0.15, 0.2) is 0 Å². The molecular formula is C17H15N3O2. The van der Waals surface area contributed by atoms with Crippen molar-refractivity contribution in [3.63, 3.8) is 0 Å². The second kappa shape index (κ2) is 4.96. The summed E-state index contributed by atoms with van der Waals surface area (Å²) in [4.78, 5) is 12.5. The predicted molar refractivity (Wildman–Crippen MR) is 82.5 cm³/mol. The maximum atomic E-state index is 12.5. The lowest BCUT2D eigenvalue weighted by molar-refractivity contribution is 0.0858. The van der Waals surface area contributed by atoms with Crippen molar-refractivity contribution >= 4 is 16.8 Å². The Balaban J connectivity index is 1.61. The molecule has 1 aromatic heterocycles. The Hall–Kier alpha value is -2.66. The second-order valence-corrected chi connectivity index (χ2v) is 5.59. The quantitative estimate of drug-likeness (QED) is 0.676. The highest BCUT2D eigenvalue weighted by molar-refractivity contribution is 5.98. The first-order chi connectivity index (χ1) is 10.7. The number of rotatable bonds is 2. The van der Waals surface area contributed by atoms with Gasteiger partial charge >= 0.3 is 0 Å². The molecule has 2 unspecified atom stereocenters. The molecule has 1 amide bonds. The summed E-state index contributed by atoms with van der Waals surface area (Å²) in [5.74, 6) is -0.191. The number of carbonyl (C=O) groups is 1. The third-order valence-electron chi connectivity index (χ3n) is 4.19. The maximum Gasteiger partial charge on any atom is 0.251 e. The number of nitrogens with zero attached hydrogens (tertiary/aromatic N) is 1. The number of aliphatic hydroxyl groups is 1. The molecule has 0 saturated heterocycles. The molecule has 2 aromatic carbocycles. The van der Waals surface area contributed by atoms with Crippen molar-refractivity contribution in [2.45, 2.75) is 18.6 Å². The van der Waals surface area contributed by atoms with Crippen molar-refractivity contribution in [1.29, 1.82) is 0 Å². The molecule has 0 fully saturated rings. The van der Waals surface area contributed by atoms with Gasteiger partial charge in [-0.15, -0.1) is 0 Å². The van der Waals surface area contributed by atoms with E-state index < -0.39 is 6.10 Å². The van der Waals surface area contributed by atoms with E-state index in [1.54, 1.807) is 18.3 Å². The van der Waals surface area contributed by atoms with E-state index in [1.165, 1.54) is 0 Å². The first-order valence-corrected chi connectivity index (χ1v) is 7.22. The summed E-state index contributed by atoms with van der Waals surface area (Å²) >= 11 is 0. The summed E-state index contributed by atoms with van der Waals surface area (Å²) in [5, 5.41) is 20.8. The number of hydrogen-bond acceptors (Lipinski definition) is 3. The molecule has 1 heterocycles. The molecule has 110 valence electrons. The molecule has 1 aliphatic carbocycles. The highest BCUT2D eigenvalue weighted by atomic mass is 16.3. The Morgan fingerprint density at radius 2 is 2.14 bits per heavy atom. The Labute approximate surface area is 127 Å². The molecule has 0 aliphatic heterocycles. The van der Waals surface area contributed by atoms with Crippen molar-refractivity contribution in [3.05, 3.63) is 65.4 Å². The van der Waals surface area contributed by atoms with Gasteiger partial charge in [-0.05, 0) is 29.3 Å². The topological polar surface area (TPSA) is 78.0 Å². The van der Waals surface area contributed by atoms with Crippen molar-refractivity contribution < 1.29 is 9.90 Å². The molecule has 0 saturated carbocycles. The van der Waals surface area contributed by atoms with Gasteiger partial charge in [0.05, 0.1) is 23.9 Å². The van der Waals surface area contributed by atoms with Gasteiger partial charge < -0.3 is 10.4 Å². The Kier molecular flexibility index (Phi) is 2.94. The standard InChI is InChI=1S/C17H15N3O2/c21-15-8-10-3-1-2-4-13(10)16(15)19-17(22)11-5-6-14-12(7-11)9-18-20-14/h1-7,9,15-16,21H,8H2,(H,18,20)(H,19,22). The molecule has 5 heteroatoms. The number of aromatic nitrogens is 2. The van der Waals surface area contributed by atoms with Crippen molar-refractivity contribution in [3.8, 4) is 0 Å². The predicted octanol–water partition coefficient (Wildman–Crippen LogP) is 1.95. The molecule has 4 rings (SSSR count). The van der Waals surface area contributed by atoms with Crippen molar-refractivity contribution in [2.24, 2.45) is 0 Å². The Morgan fingerprint density at radius 1 is 1.27 bits per heavy atom. The third kappa shape index (κ3) is 2.07. The van der Waals surface area contributed by atoms with Gasteiger partial charge in [-0.3, -0.25) is 9.89 Å². The molecule has 3 aromatic rings.